The zero-order valence-electron chi connectivity index (χ0n) is 12.4. The Hall–Kier alpha value is -2.73. The summed E-state index contributed by atoms with van der Waals surface area (Å²) < 4.78 is 1.91. The molecule has 0 amide bonds. The fraction of sp³-hybridized carbons (Fsp3) is 0.125. The van der Waals surface area contributed by atoms with Crippen LogP contribution in [0.4, 0.5) is 5.82 Å². The third-order valence-electron chi connectivity index (χ3n) is 3.74. The maximum atomic E-state index is 6.38. The van der Waals surface area contributed by atoms with Gasteiger partial charge in [0.1, 0.15) is 24.4 Å². The smallest absolute Gasteiger partial charge is 0.159 e. The Kier molecular flexibility index (Phi) is 3.31. The van der Waals surface area contributed by atoms with Crippen LogP contribution in [0.2, 0.25) is 5.02 Å². The molecule has 0 spiro atoms. The number of hydrogen-bond acceptors (Lipinski definition) is 5. The van der Waals surface area contributed by atoms with Crippen LogP contribution in [-0.2, 0) is 6.54 Å². The van der Waals surface area contributed by atoms with Gasteiger partial charge in [0.15, 0.2) is 5.82 Å². The van der Waals surface area contributed by atoms with Gasteiger partial charge in [0.25, 0.3) is 0 Å². The van der Waals surface area contributed by atoms with E-state index in [1.807, 2.05) is 48.0 Å². The van der Waals surface area contributed by atoms with Crippen molar-refractivity contribution in [1.82, 2.24) is 19.7 Å². The van der Waals surface area contributed by atoms with E-state index in [1.165, 1.54) is 0 Å². The van der Waals surface area contributed by atoms with Crippen LogP contribution in [0.15, 0.2) is 47.7 Å². The van der Waals surface area contributed by atoms with E-state index in [1.54, 1.807) is 6.33 Å². The van der Waals surface area contributed by atoms with Crippen molar-refractivity contribution in [2.24, 2.45) is 4.99 Å². The van der Waals surface area contributed by atoms with Gasteiger partial charge < -0.3 is 5.32 Å². The minimum Gasteiger partial charge on any atom is -0.373 e. The molecule has 1 aliphatic heterocycles. The minimum atomic E-state index is 0.422. The highest BCUT2D eigenvalue weighted by atomic mass is 35.5. The highest BCUT2D eigenvalue weighted by Crippen LogP contribution is 2.27. The van der Waals surface area contributed by atoms with Gasteiger partial charge in [-0.1, -0.05) is 29.8 Å². The molecule has 0 saturated carbocycles. The Morgan fingerprint density at radius 3 is 2.87 bits per heavy atom. The van der Waals surface area contributed by atoms with Crippen molar-refractivity contribution in [1.29, 1.82) is 0 Å². The number of benzene rings is 1. The maximum absolute atomic E-state index is 6.38. The summed E-state index contributed by atoms with van der Waals surface area (Å²) in [6, 6.07) is 11.5. The van der Waals surface area contributed by atoms with Gasteiger partial charge in [-0.25, -0.2) is 4.98 Å². The fourth-order valence-electron chi connectivity index (χ4n) is 2.62. The number of nitrogens with zero attached hydrogens (tertiary/aromatic N) is 5. The maximum Gasteiger partial charge on any atom is 0.159 e. The van der Waals surface area contributed by atoms with E-state index in [4.69, 9.17) is 21.6 Å². The molecule has 1 N–H and O–H groups in total. The standard InChI is InChI=1S/C16H13ClN6/c1-18-13-7-6-12-16(21-13)15(10-4-2-3-5-11(10)17)19-8-14-22-20-9-23(12)14/h2-7,9H,8H2,1H3,(H,18,21). The summed E-state index contributed by atoms with van der Waals surface area (Å²) in [7, 11) is 1.84. The molecular formula is C16H13ClN6. The molecule has 0 fully saturated rings. The lowest BCUT2D eigenvalue weighted by atomic mass is 10.1. The van der Waals surface area contributed by atoms with Crippen LogP contribution >= 0.6 is 11.6 Å². The number of aliphatic imine (C=N–C) groups is 1. The van der Waals surface area contributed by atoms with Crippen LogP contribution < -0.4 is 5.32 Å². The van der Waals surface area contributed by atoms with Gasteiger partial charge in [-0.15, -0.1) is 10.2 Å². The molecule has 2 aromatic heterocycles. The monoisotopic (exact) mass is 324 g/mol. The van der Waals surface area contributed by atoms with Gasteiger partial charge in [0.2, 0.25) is 0 Å². The van der Waals surface area contributed by atoms with Gasteiger partial charge in [0, 0.05) is 12.6 Å². The topological polar surface area (TPSA) is 68.0 Å². The van der Waals surface area contributed by atoms with Gasteiger partial charge in [-0.05, 0) is 18.2 Å². The molecular weight excluding hydrogens is 312 g/mol. The number of anilines is 1. The molecule has 23 heavy (non-hydrogen) atoms. The van der Waals surface area contributed by atoms with Gasteiger partial charge in [-0.3, -0.25) is 9.56 Å². The first-order valence-electron chi connectivity index (χ1n) is 7.15. The number of halogens is 1. The highest BCUT2D eigenvalue weighted by Gasteiger charge is 2.22. The third kappa shape index (κ3) is 2.27. The number of aromatic nitrogens is 4. The Morgan fingerprint density at radius 2 is 2.04 bits per heavy atom. The Bertz CT molecular complexity index is 914. The average Bonchev–Trinajstić information content (AvgIpc) is 2.99. The summed E-state index contributed by atoms with van der Waals surface area (Å²) in [6.07, 6.45) is 1.68. The lowest BCUT2D eigenvalue weighted by Gasteiger charge is -2.12. The fourth-order valence-corrected chi connectivity index (χ4v) is 2.84. The molecule has 0 unspecified atom stereocenters. The van der Waals surface area contributed by atoms with Crippen LogP contribution in [0.5, 0.6) is 0 Å². The predicted octanol–water partition coefficient (Wildman–Crippen LogP) is 2.71. The predicted molar refractivity (Wildman–Crippen MR) is 89.5 cm³/mol. The van der Waals surface area contributed by atoms with E-state index in [-0.39, 0.29) is 0 Å². The summed E-state index contributed by atoms with van der Waals surface area (Å²) in [4.78, 5) is 9.40. The first-order valence-corrected chi connectivity index (χ1v) is 7.53. The molecule has 0 aliphatic carbocycles. The Morgan fingerprint density at radius 1 is 1.17 bits per heavy atom. The van der Waals surface area contributed by atoms with E-state index in [0.717, 1.165) is 34.3 Å². The number of rotatable bonds is 2. The largest absolute Gasteiger partial charge is 0.373 e. The zero-order chi connectivity index (χ0) is 15.8. The SMILES string of the molecule is CNc1ccc2c(n1)C(c1ccccc1Cl)=NCc1nncn1-2. The quantitative estimate of drug-likeness (QED) is 0.787. The van der Waals surface area contributed by atoms with Gasteiger partial charge >= 0.3 is 0 Å². The number of fused-ring (bicyclic) bond motifs is 3. The first-order chi connectivity index (χ1) is 11.3. The summed E-state index contributed by atoms with van der Waals surface area (Å²) in [5.41, 5.74) is 3.26. The van der Waals surface area contributed by atoms with Crippen molar-refractivity contribution >= 4 is 23.1 Å². The molecule has 0 radical (unpaired) electrons. The van der Waals surface area contributed by atoms with Gasteiger partial charge in [-0.2, -0.15) is 0 Å². The summed E-state index contributed by atoms with van der Waals surface area (Å²) in [5.74, 6) is 1.53. The Balaban J connectivity index is 2.00. The summed E-state index contributed by atoms with van der Waals surface area (Å²) >= 11 is 6.38. The lowest BCUT2D eigenvalue weighted by molar-refractivity contribution is 0.869. The minimum absolute atomic E-state index is 0.422. The molecule has 3 aromatic rings. The molecule has 3 heterocycles. The zero-order valence-corrected chi connectivity index (χ0v) is 13.1. The number of nitrogens with one attached hydrogen (secondary N) is 1. The van der Waals surface area contributed by atoms with E-state index in [2.05, 4.69) is 15.5 Å². The third-order valence-corrected chi connectivity index (χ3v) is 4.07. The molecule has 0 bridgehead atoms. The molecule has 1 aromatic carbocycles. The van der Waals surface area contributed by atoms with Crippen LogP contribution in [-0.4, -0.2) is 32.5 Å². The second kappa shape index (κ2) is 5.48. The van der Waals surface area contributed by atoms with Crippen molar-refractivity contribution in [2.45, 2.75) is 6.54 Å². The van der Waals surface area contributed by atoms with Crippen LogP contribution in [0.25, 0.3) is 5.69 Å². The van der Waals surface area contributed by atoms with Gasteiger partial charge in [0.05, 0.1) is 16.4 Å². The second-order valence-electron chi connectivity index (χ2n) is 5.08. The Labute approximate surface area is 137 Å². The van der Waals surface area contributed by atoms with Crippen LogP contribution in [0.1, 0.15) is 17.1 Å². The molecule has 0 saturated heterocycles. The molecule has 4 rings (SSSR count). The lowest BCUT2D eigenvalue weighted by Crippen LogP contribution is -2.11. The van der Waals surface area contributed by atoms with Crippen molar-refractivity contribution in [2.75, 3.05) is 12.4 Å². The molecule has 7 heteroatoms. The average molecular weight is 325 g/mol. The van der Waals surface area contributed by atoms with Crippen molar-refractivity contribution in [3.63, 3.8) is 0 Å². The van der Waals surface area contributed by atoms with Crippen molar-refractivity contribution < 1.29 is 0 Å². The highest BCUT2D eigenvalue weighted by molar-refractivity contribution is 6.35. The molecule has 114 valence electrons. The number of hydrogen-bond donors (Lipinski definition) is 1. The van der Waals surface area contributed by atoms with E-state index < -0.39 is 0 Å². The number of pyridine rings is 1. The van der Waals surface area contributed by atoms with E-state index >= 15 is 0 Å². The normalized spacial score (nSPS) is 12.9. The molecule has 6 nitrogen and oxygen atoms in total. The van der Waals surface area contributed by atoms with Crippen LogP contribution in [0, 0.1) is 0 Å². The summed E-state index contributed by atoms with van der Waals surface area (Å²) in [6.45, 7) is 0.422. The molecule has 1 aliphatic rings. The van der Waals surface area contributed by atoms with E-state index in [0.29, 0.717) is 11.6 Å². The molecule has 0 atom stereocenters. The van der Waals surface area contributed by atoms with Crippen LogP contribution in [0.3, 0.4) is 0 Å². The summed E-state index contributed by atoms with van der Waals surface area (Å²) in [5, 5.41) is 11.8. The van der Waals surface area contributed by atoms with Crippen molar-refractivity contribution in [3.8, 4) is 5.69 Å². The second-order valence-corrected chi connectivity index (χ2v) is 5.48. The van der Waals surface area contributed by atoms with E-state index in [9.17, 15) is 0 Å². The first kappa shape index (κ1) is 13.9. The van der Waals surface area contributed by atoms with Crippen molar-refractivity contribution in [3.05, 3.63) is 64.8 Å².